The molecule has 70 valence electrons. The van der Waals surface area contributed by atoms with E-state index >= 15 is 0 Å². The largest absolute Gasteiger partial charge is 0.478 e. The summed E-state index contributed by atoms with van der Waals surface area (Å²) < 4.78 is 12.8. The number of rotatable bonds is 3. The molecule has 0 heterocycles. The Morgan fingerprint density at radius 3 is 2.77 bits per heavy atom. The predicted molar refractivity (Wildman–Crippen MR) is 49.8 cm³/mol. The molecule has 0 fully saturated rings. The number of halogens is 1. The van der Waals surface area contributed by atoms with E-state index in [2.05, 4.69) is 0 Å². The summed E-state index contributed by atoms with van der Waals surface area (Å²) in [6.07, 6.45) is 0. The van der Waals surface area contributed by atoms with Crippen molar-refractivity contribution in [2.75, 3.05) is 5.75 Å². The fourth-order valence-electron chi connectivity index (χ4n) is 0.936. The standard InChI is InChI=1S/C9H9FO2S/c1-2-13-8-4-6(9(11)12)3-7(10)5-8/h3-5H,2H2,1H3,(H,11,12). The first-order valence-corrected chi connectivity index (χ1v) is 4.78. The number of aromatic carboxylic acids is 1. The van der Waals surface area contributed by atoms with Crippen LogP contribution in [0.2, 0.25) is 0 Å². The Bertz CT molecular complexity index is 325. The van der Waals surface area contributed by atoms with Gasteiger partial charge in [0.05, 0.1) is 5.56 Å². The van der Waals surface area contributed by atoms with Crippen molar-refractivity contribution in [3.8, 4) is 0 Å². The van der Waals surface area contributed by atoms with Crippen molar-refractivity contribution in [2.24, 2.45) is 0 Å². The lowest BCUT2D eigenvalue weighted by Crippen LogP contribution is -1.97. The zero-order valence-electron chi connectivity index (χ0n) is 7.08. The molecule has 1 aromatic carbocycles. The molecule has 0 aliphatic heterocycles. The van der Waals surface area contributed by atoms with Gasteiger partial charge in [-0.05, 0) is 24.0 Å². The molecule has 0 saturated heterocycles. The van der Waals surface area contributed by atoms with Gasteiger partial charge in [-0.3, -0.25) is 0 Å². The quantitative estimate of drug-likeness (QED) is 0.762. The van der Waals surface area contributed by atoms with Crippen LogP contribution in [0.5, 0.6) is 0 Å². The third-order valence-electron chi connectivity index (χ3n) is 1.43. The van der Waals surface area contributed by atoms with Crippen molar-refractivity contribution in [2.45, 2.75) is 11.8 Å². The van der Waals surface area contributed by atoms with Crippen LogP contribution >= 0.6 is 11.8 Å². The molecule has 0 aliphatic carbocycles. The highest BCUT2D eigenvalue weighted by Gasteiger charge is 2.06. The molecule has 4 heteroatoms. The third-order valence-corrected chi connectivity index (χ3v) is 2.29. The monoisotopic (exact) mass is 200 g/mol. The number of carbonyl (C=O) groups is 1. The van der Waals surface area contributed by atoms with Crippen LogP contribution < -0.4 is 0 Å². The van der Waals surface area contributed by atoms with E-state index in [0.717, 1.165) is 11.8 Å². The first kappa shape index (κ1) is 10.1. The lowest BCUT2D eigenvalue weighted by molar-refractivity contribution is 0.0696. The maximum atomic E-state index is 12.8. The smallest absolute Gasteiger partial charge is 0.335 e. The maximum Gasteiger partial charge on any atom is 0.335 e. The summed E-state index contributed by atoms with van der Waals surface area (Å²) in [6.45, 7) is 1.93. The molecule has 2 nitrogen and oxygen atoms in total. The number of thioether (sulfide) groups is 1. The number of hydrogen-bond donors (Lipinski definition) is 1. The summed E-state index contributed by atoms with van der Waals surface area (Å²) in [5.41, 5.74) is -0.00375. The molecular formula is C9H9FO2S. The summed E-state index contributed by atoms with van der Waals surface area (Å²) in [5.74, 6) is -0.809. The number of benzene rings is 1. The van der Waals surface area contributed by atoms with Crippen LogP contribution in [0.15, 0.2) is 23.1 Å². The topological polar surface area (TPSA) is 37.3 Å². The molecule has 1 aromatic rings. The molecule has 1 N–H and O–H groups in total. The van der Waals surface area contributed by atoms with E-state index in [9.17, 15) is 9.18 Å². The van der Waals surface area contributed by atoms with Gasteiger partial charge >= 0.3 is 5.97 Å². The van der Waals surface area contributed by atoms with Crippen LogP contribution in [-0.4, -0.2) is 16.8 Å². The van der Waals surface area contributed by atoms with Gasteiger partial charge in [0.15, 0.2) is 0 Å². The zero-order chi connectivity index (χ0) is 9.84. The van der Waals surface area contributed by atoms with Gasteiger partial charge in [0.1, 0.15) is 5.82 Å². The Morgan fingerprint density at radius 2 is 2.23 bits per heavy atom. The first-order valence-electron chi connectivity index (χ1n) is 3.80. The summed E-state index contributed by atoms with van der Waals surface area (Å²) in [6, 6.07) is 3.82. The van der Waals surface area contributed by atoms with E-state index < -0.39 is 11.8 Å². The van der Waals surface area contributed by atoms with E-state index in [1.807, 2.05) is 6.92 Å². The van der Waals surface area contributed by atoms with Crippen molar-refractivity contribution in [1.82, 2.24) is 0 Å². The Morgan fingerprint density at radius 1 is 1.54 bits per heavy atom. The van der Waals surface area contributed by atoms with Gasteiger partial charge in [-0.25, -0.2) is 9.18 Å². The molecule has 0 unspecified atom stereocenters. The highest BCUT2D eigenvalue weighted by atomic mass is 32.2. The predicted octanol–water partition coefficient (Wildman–Crippen LogP) is 2.64. The minimum Gasteiger partial charge on any atom is -0.478 e. The second-order valence-corrected chi connectivity index (χ2v) is 3.75. The molecule has 0 amide bonds. The highest BCUT2D eigenvalue weighted by Crippen LogP contribution is 2.20. The maximum absolute atomic E-state index is 12.8. The molecule has 0 aliphatic rings. The van der Waals surface area contributed by atoms with Crippen molar-refractivity contribution in [1.29, 1.82) is 0 Å². The van der Waals surface area contributed by atoms with E-state index in [4.69, 9.17) is 5.11 Å². The van der Waals surface area contributed by atoms with Crippen molar-refractivity contribution >= 4 is 17.7 Å². The summed E-state index contributed by atoms with van der Waals surface area (Å²) in [5, 5.41) is 8.63. The fourth-order valence-corrected chi connectivity index (χ4v) is 1.68. The van der Waals surface area contributed by atoms with Crippen molar-refractivity contribution in [3.05, 3.63) is 29.6 Å². The van der Waals surface area contributed by atoms with Crippen LogP contribution in [0.4, 0.5) is 4.39 Å². The molecule has 0 spiro atoms. The van der Waals surface area contributed by atoms with Gasteiger partial charge in [0, 0.05) is 4.90 Å². The minimum absolute atomic E-state index is 0.00375. The zero-order valence-corrected chi connectivity index (χ0v) is 7.90. The summed E-state index contributed by atoms with van der Waals surface area (Å²) in [4.78, 5) is 11.2. The SMILES string of the molecule is CCSc1cc(F)cc(C(=O)O)c1. The normalized spacial score (nSPS) is 10.0. The Hall–Kier alpha value is -1.03. The Kier molecular flexibility index (Phi) is 3.31. The van der Waals surface area contributed by atoms with Crippen LogP contribution in [0, 0.1) is 5.82 Å². The van der Waals surface area contributed by atoms with Gasteiger partial charge < -0.3 is 5.11 Å². The summed E-state index contributed by atoms with van der Waals surface area (Å²) in [7, 11) is 0. The van der Waals surface area contributed by atoms with E-state index in [-0.39, 0.29) is 5.56 Å². The molecule has 0 bridgehead atoms. The number of carboxylic acid groups (broad SMARTS) is 1. The molecule has 0 aromatic heterocycles. The molecular weight excluding hydrogens is 191 g/mol. The van der Waals surface area contributed by atoms with E-state index in [1.165, 1.54) is 23.9 Å². The van der Waals surface area contributed by atoms with E-state index in [0.29, 0.717) is 4.90 Å². The third kappa shape index (κ3) is 2.73. The lowest BCUT2D eigenvalue weighted by Gasteiger charge is -2.00. The first-order chi connectivity index (χ1) is 6.13. The van der Waals surface area contributed by atoms with Gasteiger partial charge in [-0.15, -0.1) is 11.8 Å². The van der Waals surface area contributed by atoms with Gasteiger partial charge in [-0.1, -0.05) is 6.92 Å². The highest BCUT2D eigenvalue weighted by molar-refractivity contribution is 7.99. The van der Waals surface area contributed by atoms with Gasteiger partial charge in [0.2, 0.25) is 0 Å². The molecule has 13 heavy (non-hydrogen) atoms. The van der Waals surface area contributed by atoms with E-state index in [1.54, 1.807) is 0 Å². The van der Waals surface area contributed by atoms with Crippen LogP contribution in [0.25, 0.3) is 0 Å². The van der Waals surface area contributed by atoms with Gasteiger partial charge in [0.25, 0.3) is 0 Å². The molecule has 0 atom stereocenters. The molecule has 0 radical (unpaired) electrons. The Labute approximate surface area is 79.8 Å². The van der Waals surface area contributed by atoms with Crippen LogP contribution in [-0.2, 0) is 0 Å². The van der Waals surface area contributed by atoms with Crippen LogP contribution in [0.1, 0.15) is 17.3 Å². The number of hydrogen-bond acceptors (Lipinski definition) is 2. The van der Waals surface area contributed by atoms with Crippen LogP contribution in [0.3, 0.4) is 0 Å². The fraction of sp³-hybridized carbons (Fsp3) is 0.222. The number of carboxylic acids is 1. The average molecular weight is 200 g/mol. The molecule has 0 saturated carbocycles. The second kappa shape index (κ2) is 4.28. The second-order valence-electron chi connectivity index (χ2n) is 2.41. The summed E-state index contributed by atoms with van der Waals surface area (Å²) >= 11 is 1.42. The minimum atomic E-state index is -1.10. The average Bonchev–Trinajstić information content (AvgIpc) is 2.03. The van der Waals surface area contributed by atoms with Crippen molar-refractivity contribution < 1.29 is 14.3 Å². The van der Waals surface area contributed by atoms with Crippen molar-refractivity contribution in [3.63, 3.8) is 0 Å². The van der Waals surface area contributed by atoms with Gasteiger partial charge in [-0.2, -0.15) is 0 Å². The Balaban J connectivity index is 3.03. The molecule has 1 rings (SSSR count). The lowest BCUT2D eigenvalue weighted by atomic mass is 10.2.